The smallest absolute Gasteiger partial charge is 0.191 e. The Hall–Kier alpha value is -1.30. The second-order valence-electron chi connectivity index (χ2n) is 2.14. The van der Waals surface area contributed by atoms with E-state index in [-0.39, 0.29) is 0 Å². The molecule has 2 aliphatic rings. The molecule has 61 valence electrons. The fraction of sp³-hybridized carbons (Fsp3) is 0.167. The summed E-state index contributed by atoms with van der Waals surface area (Å²) < 4.78 is 0. The van der Waals surface area contributed by atoms with Crippen molar-refractivity contribution in [2.45, 2.75) is 0 Å². The molecule has 0 amide bonds. The van der Waals surface area contributed by atoms with Crippen LogP contribution in [0.4, 0.5) is 0 Å². The van der Waals surface area contributed by atoms with Crippen molar-refractivity contribution >= 4 is 29.1 Å². The number of rotatable bonds is 0. The van der Waals surface area contributed by atoms with Gasteiger partial charge in [-0.2, -0.15) is 0 Å². The Balaban J connectivity index is 2.41. The summed E-state index contributed by atoms with van der Waals surface area (Å²) >= 11 is 1.43. The molecule has 0 aromatic carbocycles. The first-order valence-corrected chi connectivity index (χ1v) is 4.48. The lowest BCUT2D eigenvalue weighted by atomic mass is 10.4. The molecule has 2 rings (SSSR count). The van der Waals surface area contributed by atoms with Crippen LogP contribution in [0.3, 0.4) is 0 Å². The standard InChI is InChI=1S/C6H6N5S/c1-12-6-10-4(7)3-5(11-6)9-2-8-3/h2H,7H2,1H3. The third-order valence-electron chi connectivity index (χ3n) is 1.42. The molecule has 0 saturated heterocycles. The van der Waals surface area contributed by atoms with Crippen LogP contribution in [0.1, 0.15) is 0 Å². The molecular formula is C6H6N5S. The number of hydrogen-bond acceptors (Lipinski definition) is 5. The van der Waals surface area contributed by atoms with Crippen molar-refractivity contribution in [3.63, 3.8) is 0 Å². The van der Waals surface area contributed by atoms with E-state index in [2.05, 4.69) is 20.3 Å². The van der Waals surface area contributed by atoms with E-state index < -0.39 is 0 Å². The van der Waals surface area contributed by atoms with E-state index in [0.717, 1.165) is 0 Å². The van der Waals surface area contributed by atoms with Gasteiger partial charge in [0.25, 0.3) is 0 Å². The molecule has 2 heterocycles. The molecule has 0 atom stereocenters. The van der Waals surface area contributed by atoms with Crippen molar-refractivity contribution in [3.8, 4) is 0 Å². The predicted octanol–water partition coefficient (Wildman–Crippen LogP) is -0.108. The fourth-order valence-corrected chi connectivity index (χ4v) is 1.25. The van der Waals surface area contributed by atoms with Gasteiger partial charge in [-0.05, 0) is 6.26 Å². The third kappa shape index (κ3) is 1.00. The van der Waals surface area contributed by atoms with Crippen LogP contribution in [0.15, 0.2) is 26.5 Å². The van der Waals surface area contributed by atoms with E-state index in [0.29, 0.717) is 22.5 Å². The number of aliphatic imine (C=N–C) groups is 3. The lowest BCUT2D eigenvalue weighted by Gasteiger charge is -2.10. The molecular weight excluding hydrogens is 174 g/mol. The minimum Gasteiger partial charge on any atom is -0.382 e. The zero-order valence-electron chi connectivity index (χ0n) is 6.35. The van der Waals surface area contributed by atoms with Crippen molar-refractivity contribution in [1.29, 1.82) is 0 Å². The molecule has 2 N–H and O–H groups in total. The minimum atomic E-state index is 0.391. The zero-order chi connectivity index (χ0) is 8.55. The van der Waals surface area contributed by atoms with Gasteiger partial charge >= 0.3 is 0 Å². The Bertz CT molecular complexity index is 338. The highest BCUT2D eigenvalue weighted by Crippen LogP contribution is 2.16. The van der Waals surface area contributed by atoms with Crippen molar-refractivity contribution < 1.29 is 0 Å². The minimum absolute atomic E-state index is 0.391. The van der Waals surface area contributed by atoms with Crippen molar-refractivity contribution in [2.75, 3.05) is 6.26 Å². The molecule has 0 aromatic heterocycles. The van der Waals surface area contributed by atoms with Crippen LogP contribution in [0, 0.1) is 0 Å². The van der Waals surface area contributed by atoms with E-state index in [1.807, 2.05) is 6.26 Å². The van der Waals surface area contributed by atoms with Gasteiger partial charge in [0.1, 0.15) is 6.34 Å². The molecule has 12 heavy (non-hydrogen) atoms. The van der Waals surface area contributed by atoms with E-state index in [4.69, 9.17) is 5.73 Å². The molecule has 0 aromatic rings. The quantitative estimate of drug-likeness (QED) is 0.564. The maximum Gasteiger partial charge on any atom is 0.191 e. The van der Waals surface area contributed by atoms with Crippen molar-refractivity contribution in [3.05, 3.63) is 11.5 Å². The lowest BCUT2D eigenvalue weighted by molar-refractivity contribution is 1.13. The highest BCUT2D eigenvalue weighted by atomic mass is 32.2. The fourth-order valence-electron chi connectivity index (χ4n) is 0.886. The number of nitrogens with two attached hydrogens (primary N) is 1. The largest absolute Gasteiger partial charge is 0.382 e. The van der Waals surface area contributed by atoms with Crippen LogP contribution in [-0.4, -0.2) is 23.6 Å². The average molecular weight is 180 g/mol. The average Bonchev–Trinajstić information content (AvgIpc) is 2.52. The molecule has 6 heteroatoms. The second kappa shape index (κ2) is 2.63. The lowest BCUT2D eigenvalue weighted by Crippen LogP contribution is -2.27. The second-order valence-corrected chi connectivity index (χ2v) is 2.91. The molecule has 0 aliphatic carbocycles. The summed E-state index contributed by atoms with van der Waals surface area (Å²) in [6, 6.07) is 0. The van der Waals surface area contributed by atoms with Crippen LogP contribution in [0.5, 0.6) is 0 Å². The van der Waals surface area contributed by atoms with Gasteiger partial charge in [0.2, 0.25) is 0 Å². The number of hydrogen-bond donors (Lipinski definition) is 1. The SMILES string of the molecule is CSC1=NC(N)=C2N=CN=C2[N]1. The predicted molar refractivity (Wildman–Crippen MR) is 50.2 cm³/mol. The monoisotopic (exact) mass is 180 g/mol. The van der Waals surface area contributed by atoms with E-state index in [9.17, 15) is 0 Å². The number of fused-ring (bicyclic) bond motifs is 1. The summed E-state index contributed by atoms with van der Waals surface area (Å²) in [6.07, 6.45) is 3.32. The Morgan fingerprint density at radius 1 is 1.50 bits per heavy atom. The van der Waals surface area contributed by atoms with Crippen LogP contribution < -0.4 is 11.1 Å². The Morgan fingerprint density at radius 2 is 2.33 bits per heavy atom. The molecule has 0 unspecified atom stereocenters. The Labute approximate surface area is 73.6 Å². The van der Waals surface area contributed by atoms with Gasteiger partial charge in [-0.15, -0.1) is 0 Å². The number of nitrogens with zero attached hydrogens (tertiary/aromatic N) is 4. The van der Waals surface area contributed by atoms with E-state index >= 15 is 0 Å². The van der Waals surface area contributed by atoms with Gasteiger partial charge in [0, 0.05) is 0 Å². The molecule has 5 nitrogen and oxygen atoms in total. The Morgan fingerprint density at radius 3 is 3.08 bits per heavy atom. The first-order valence-electron chi connectivity index (χ1n) is 3.26. The maximum atomic E-state index is 5.61. The summed E-state index contributed by atoms with van der Waals surface area (Å²) in [7, 11) is 0. The summed E-state index contributed by atoms with van der Waals surface area (Å²) in [6.45, 7) is 0. The first kappa shape index (κ1) is 7.35. The van der Waals surface area contributed by atoms with Gasteiger partial charge in [0.05, 0.1) is 0 Å². The van der Waals surface area contributed by atoms with E-state index in [1.165, 1.54) is 18.1 Å². The molecule has 1 radical (unpaired) electrons. The molecule has 0 fully saturated rings. The van der Waals surface area contributed by atoms with Crippen LogP contribution in [0.2, 0.25) is 0 Å². The van der Waals surface area contributed by atoms with Crippen molar-refractivity contribution in [1.82, 2.24) is 5.32 Å². The highest BCUT2D eigenvalue weighted by molar-refractivity contribution is 8.13. The van der Waals surface area contributed by atoms with Gasteiger partial charge in [0.15, 0.2) is 22.5 Å². The van der Waals surface area contributed by atoms with Crippen molar-refractivity contribution in [2.24, 2.45) is 20.7 Å². The summed E-state index contributed by atoms with van der Waals surface area (Å²) in [5.74, 6) is 0.953. The highest BCUT2D eigenvalue weighted by Gasteiger charge is 2.22. The van der Waals surface area contributed by atoms with Crippen LogP contribution >= 0.6 is 11.8 Å². The molecule has 0 saturated carbocycles. The van der Waals surface area contributed by atoms with Gasteiger partial charge in [-0.25, -0.2) is 20.3 Å². The van der Waals surface area contributed by atoms with Gasteiger partial charge in [-0.3, -0.25) is 0 Å². The third-order valence-corrected chi connectivity index (χ3v) is 1.97. The maximum absolute atomic E-state index is 5.61. The van der Waals surface area contributed by atoms with Gasteiger partial charge < -0.3 is 5.73 Å². The summed E-state index contributed by atoms with van der Waals surface area (Å²) in [5, 5.41) is 4.74. The summed E-state index contributed by atoms with van der Waals surface area (Å²) in [4.78, 5) is 11.9. The molecule has 0 bridgehead atoms. The topological polar surface area (TPSA) is 77.2 Å². The molecule has 2 aliphatic heterocycles. The van der Waals surface area contributed by atoms with Crippen LogP contribution in [-0.2, 0) is 0 Å². The molecule has 0 spiro atoms. The normalized spacial score (nSPS) is 20.1. The van der Waals surface area contributed by atoms with Gasteiger partial charge in [-0.1, -0.05) is 11.8 Å². The number of thioether (sulfide) groups is 1. The van der Waals surface area contributed by atoms with E-state index in [1.54, 1.807) is 0 Å². The van der Waals surface area contributed by atoms with Crippen LogP contribution in [0.25, 0.3) is 0 Å². The first-order chi connectivity index (χ1) is 5.81. The summed E-state index contributed by atoms with van der Waals surface area (Å²) in [5.41, 5.74) is 6.19. The zero-order valence-corrected chi connectivity index (χ0v) is 7.17. The Kier molecular flexibility index (Phi) is 1.61. The number of amidine groups is 2.